The molecule has 17 heavy (non-hydrogen) atoms. The van der Waals surface area contributed by atoms with Crippen LogP contribution in [0.25, 0.3) is 0 Å². The summed E-state index contributed by atoms with van der Waals surface area (Å²) in [5.41, 5.74) is 0.767. The van der Waals surface area contributed by atoms with Crippen molar-refractivity contribution >= 4 is 5.97 Å². The normalized spacial score (nSPS) is 11.4. The van der Waals surface area contributed by atoms with E-state index in [1.807, 2.05) is 19.1 Å². The topological polar surface area (TPSA) is 59.3 Å². The minimum Gasteiger partial charge on any atom is -0.494 e. The molecule has 0 fully saturated rings. The molecule has 1 aromatic rings. The Morgan fingerprint density at radius 3 is 2.88 bits per heavy atom. The molecule has 0 spiro atoms. The number of nitrogens with zero attached hydrogens (tertiary/aromatic N) is 1. The molecule has 1 unspecified atom stereocenters. The fourth-order valence-electron chi connectivity index (χ4n) is 1.48. The van der Waals surface area contributed by atoms with Crippen LogP contribution in [0.1, 0.15) is 24.8 Å². The van der Waals surface area contributed by atoms with Crippen molar-refractivity contribution in [3.8, 4) is 11.8 Å². The standard InChI is InChI=1S/C13H15NO3/c1-3-17-12-6-4-5-10(7-12)11(9-14)8-13(15)16-2/h4-7,11H,3,8H2,1-2H3. The highest BCUT2D eigenvalue weighted by Crippen LogP contribution is 2.23. The van der Waals surface area contributed by atoms with Crippen LogP contribution in [-0.2, 0) is 9.53 Å². The number of hydrogen-bond donors (Lipinski definition) is 0. The largest absolute Gasteiger partial charge is 0.494 e. The molecule has 0 aliphatic carbocycles. The van der Waals surface area contributed by atoms with E-state index in [-0.39, 0.29) is 6.42 Å². The van der Waals surface area contributed by atoms with Gasteiger partial charge in [-0.3, -0.25) is 4.79 Å². The number of methoxy groups -OCH3 is 1. The van der Waals surface area contributed by atoms with Gasteiger partial charge in [-0.2, -0.15) is 5.26 Å². The van der Waals surface area contributed by atoms with Gasteiger partial charge in [0.15, 0.2) is 0 Å². The molecule has 1 rings (SSSR count). The zero-order chi connectivity index (χ0) is 12.7. The van der Waals surface area contributed by atoms with Crippen LogP contribution in [0.4, 0.5) is 0 Å². The van der Waals surface area contributed by atoms with E-state index in [0.717, 1.165) is 5.56 Å². The number of rotatable bonds is 5. The molecule has 0 aromatic heterocycles. The van der Waals surface area contributed by atoms with E-state index in [4.69, 9.17) is 10.00 Å². The number of benzene rings is 1. The molecule has 0 aliphatic rings. The predicted molar refractivity (Wildman–Crippen MR) is 62.6 cm³/mol. The Bertz CT molecular complexity index is 423. The fraction of sp³-hybridized carbons (Fsp3) is 0.385. The Hall–Kier alpha value is -2.02. The van der Waals surface area contributed by atoms with Crippen LogP contribution in [0.15, 0.2) is 24.3 Å². The third-order valence-electron chi connectivity index (χ3n) is 2.33. The summed E-state index contributed by atoms with van der Waals surface area (Å²) in [6.07, 6.45) is 0.0581. The summed E-state index contributed by atoms with van der Waals surface area (Å²) in [6, 6.07) is 9.31. The second kappa shape index (κ2) is 6.54. The van der Waals surface area contributed by atoms with Crippen LogP contribution in [0.3, 0.4) is 0 Å². The summed E-state index contributed by atoms with van der Waals surface area (Å²) in [5, 5.41) is 9.05. The lowest BCUT2D eigenvalue weighted by molar-refractivity contribution is -0.140. The first kappa shape index (κ1) is 13.0. The molecule has 4 nitrogen and oxygen atoms in total. The third-order valence-corrected chi connectivity index (χ3v) is 2.33. The third kappa shape index (κ3) is 3.80. The molecule has 0 amide bonds. The van der Waals surface area contributed by atoms with Gasteiger partial charge >= 0.3 is 5.97 Å². The summed E-state index contributed by atoms with van der Waals surface area (Å²) in [4.78, 5) is 11.2. The maximum absolute atomic E-state index is 11.2. The highest BCUT2D eigenvalue weighted by atomic mass is 16.5. The van der Waals surface area contributed by atoms with Crippen molar-refractivity contribution in [1.82, 2.24) is 0 Å². The number of carbonyl (C=O) groups excluding carboxylic acids is 1. The minimum atomic E-state index is -0.497. The molecule has 1 atom stereocenters. The van der Waals surface area contributed by atoms with Gasteiger partial charge in [-0.1, -0.05) is 12.1 Å². The van der Waals surface area contributed by atoms with E-state index in [1.54, 1.807) is 12.1 Å². The summed E-state index contributed by atoms with van der Waals surface area (Å²) in [5.74, 6) is -0.184. The predicted octanol–water partition coefficient (Wildman–Crippen LogP) is 2.26. The number of esters is 1. The lowest BCUT2D eigenvalue weighted by Gasteiger charge is -2.10. The summed E-state index contributed by atoms with van der Waals surface area (Å²) >= 11 is 0. The lowest BCUT2D eigenvalue weighted by atomic mass is 9.97. The van der Waals surface area contributed by atoms with Crippen LogP contribution >= 0.6 is 0 Å². The van der Waals surface area contributed by atoms with Gasteiger partial charge in [0.1, 0.15) is 5.75 Å². The molecule has 4 heteroatoms. The maximum atomic E-state index is 11.2. The van der Waals surface area contributed by atoms with Gasteiger partial charge in [0, 0.05) is 0 Å². The quantitative estimate of drug-likeness (QED) is 0.732. The van der Waals surface area contributed by atoms with E-state index in [9.17, 15) is 4.79 Å². The van der Waals surface area contributed by atoms with Gasteiger partial charge in [0.2, 0.25) is 0 Å². The van der Waals surface area contributed by atoms with E-state index < -0.39 is 11.9 Å². The molecular formula is C13H15NO3. The molecule has 0 saturated carbocycles. The first-order chi connectivity index (χ1) is 8.21. The zero-order valence-electron chi connectivity index (χ0n) is 9.97. The van der Waals surface area contributed by atoms with Crippen molar-refractivity contribution in [2.24, 2.45) is 0 Å². The number of hydrogen-bond acceptors (Lipinski definition) is 4. The first-order valence-electron chi connectivity index (χ1n) is 5.40. The molecule has 0 N–H and O–H groups in total. The lowest BCUT2D eigenvalue weighted by Crippen LogP contribution is -2.07. The molecule has 0 heterocycles. The molecule has 1 aromatic carbocycles. The van der Waals surface area contributed by atoms with Gasteiger partial charge in [-0.15, -0.1) is 0 Å². The van der Waals surface area contributed by atoms with Gasteiger partial charge in [0.25, 0.3) is 0 Å². The molecule has 0 saturated heterocycles. The average Bonchev–Trinajstić information content (AvgIpc) is 2.36. The highest BCUT2D eigenvalue weighted by molar-refractivity contribution is 5.71. The number of carbonyl (C=O) groups is 1. The second-order valence-corrected chi connectivity index (χ2v) is 3.47. The Kier molecular flexibility index (Phi) is 5.02. The smallest absolute Gasteiger partial charge is 0.307 e. The van der Waals surface area contributed by atoms with Crippen LogP contribution in [0.5, 0.6) is 5.75 Å². The van der Waals surface area contributed by atoms with E-state index in [0.29, 0.717) is 12.4 Å². The van der Waals surface area contributed by atoms with Crippen molar-refractivity contribution < 1.29 is 14.3 Å². The Labute approximate surface area is 101 Å². The SMILES string of the molecule is CCOc1cccc(C(C#N)CC(=O)OC)c1. The van der Waals surface area contributed by atoms with Gasteiger partial charge < -0.3 is 9.47 Å². The summed E-state index contributed by atoms with van der Waals surface area (Å²) in [6.45, 7) is 2.46. The Balaban J connectivity index is 2.85. The van der Waals surface area contributed by atoms with Gasteiger partial charge in [0.05, 0.1) is 32.1 Å². The maximum Gasteiger partial charge on any atom is 0.307 e. The van der Waals surface area contributed by atoms with Crippen molar-refractivity contribution in [3.63, 3.8) is 0 Å². The van der Waals surface area contributed by atoms with E-state index in [1.165, 1.54) is 7.11 Å². The highest BCUT2D eigenvalue weighted by Gasteiger charge is 2.16. The van der Waals surface area contributed by atoms with Crippen LogP contribution in [0.2, 0.25) is 0 Å². The number of ether oxygens (including phenoxy) is 2. The number of nitriles is 1. The van der Waals surface area contributed by atoms with E-state index in [2.05, 4.69) is 10.8 Å². The van der Waals surface area contributed by atoms with Gasteiger partial charge in [-0.25, -0.2) is 0 Å². The fourth-order valence-corrected chi connectivity index (χ4v) is 1.48. The minimum absolute atomic E-state index is 0.0581. The average molecular weight is 233 g/mol. The molecule has 0 aliphatic heterocycles. The van der Waals surface area contributed by atoms with Crippen LogP contribution in [0, 0.1) is 11.3 Å². The van der Waals surface area contributed by atoms with Crippen LogP contribution < -0.4 is 4.74 Å². The Morgan fingerprint density at radius 1 is 1.53 bits per heavy atom. The van der Waals surface area contributed by atoms with E-state index >= 15 is 0 Å². The molecule has 0 radical (unpaired) electrons. The van der Waals surface area contributed by atoms with Gasteiger partial charge in [-0.05, 0) is 24.6 Å². The van der Waals surface area contributed by atoms with Crippen molar-refractivity contribution in [3.05, 3.63) is 29.8 Å². The summed E-state index contributed by atoms with van der Waals surface area (Å²) < 4.78 is 9.91. The van der Waals surface area contributed by atoms with Crippen molar-refractivity contribution in [2.75, 3.05) is 13.7 Å². The van der Waals surface area contributed by atoms with Crippen LogP contribution in [-0.4, -0.2) is 19.7 Å². The van der Waals surface area contributed by atoms with Crippen molar-refractivity contribution in [2.45, 2.75) is 19.3 Å². The first-order valence-corrected chi connectivity index (χ1v) is 5.40. The molecule has 0 bridgehead atoms. The zero-order valence-corrected chi connectivity index (χ0v) is 9.97. The monoisotopic (exact) mass is 233 g/mol. The Morgan fingerprint density at radius 2 is 2.29 bits per heavy atom. The second-order valence-electron chi connectivity index (χ2n) is 3.47. The molecule has 90 valence electrons. The molecular weight excluding hydrogens is 218 g/mol. The summed E-state index contributed by atoms with van der Waals surface area (Å²) in [7, 11) is 1.31. The van der Waals surface area contributed by atoms with Crippen molar-refractivity contribution in [1.29, 1.82) is 5.26 Å².